The van der Waals surface area contributed by atoms with E-state index in [1.807, 2.05) is 27.7 Å². The summed E-state index contributed by atoms with van der Waals surface area (Å²) in [6, 6.07) is 0.0639. The first-order valence-corrected chi connectivity index (χ1v) is 8.30. The third-order valence-corrected chi connectivity index (χ3v) is 4.48. The molecule has 19 heavy (non-hydrogen) atoms. The van der Waals surface area contributed by atoms with Crippen LogP contribution in [0.4, 0.5) is 4.79 Å². The van der Waals surface area contributed by atoms with E-state index in [0.717, 1.165) is 0 Å². The Kier molecular flexibility index (Phi) is 5.20. The molecule has 1 heterocycles. The third kappa shape index (κ3) is 6.77. The van der Waals surface area contributed by atoms with Crippen molar-refractivity contribution in [3.05, 3.63) is 0 Å². The quantitative estimate of drug-likeness (QED) is 0.772. The summed E-state index contributed by atoms with van der Waals surface area (Å²) in [4.78, 5) is 11.4. The maximum Gasteiger partial charge on any atom is 0.407 e. The van der Waals surface area contributed by atoms with Gasteiger partial charge in [0.15, 0.2) is 9.84 Å². The van der Waals surface area contributed by atoms with Gasteiger partial charge in [0.1, 0.15) is 5.60 Å². The van der Waals surface area contributed by atoms with E-state index < -0.39 is 21.5 Å². The molecule has 1 atom stereocenters. The molecule has 0 spiro atoms. The van der Waals surface area contributed by atoms with E-state index in [9.17, 15) is 13.2 Å². The molecular weight excluding hydrogens is 268 g/mol. The summed E-state index contributed by atoms with van der Waals surface area (Å²) in [6.07, 6.45) is -0.425. The molecule has 1 saturated heterocycles. The highest BCUT2D eigenvalue weighted by molar-refractivity contribution is 7.92. The van der Waals surface area contributed by atoms with E-state index >= 15 is 0 Å². The highest BCUT2D eigenvalue weighted by Crippen LogP contribution is 2.10. The van der Waals surface area contributed by atoms with Gasteiger partial charge in [-0.2, -0.15) is 0 Å². The Hall–Kier alpha value is -0.820. The van der Waals surface area contributed by atoms with Crippen LogP contribution in [0, 0.1) is 5.92 Å². The third-order valence-electron chi connectivity index (χ3n) is 2.66. The molecule has 0 bridgehead atoms. The molecule has 0 radical (unpaired) electrons. The maximum atomic E-state index is 11.4. The topological polar surface area (TPSA) is 84.5 Å². The Bertz CT molecular complexity index is 402. The normalized spacial score (nSPS) is 20.4. The van der Waals surface area contributed by atoms with Crippen molar-refractivity contribution in [1.82, 2.24) is 10.6 Å². The van der Waals surface area contributed by atoms with Crippen LogP contribution in [0.3, 0.4) is 0 Å². The van der Waals surface area contributed by atoms with Crippen molar-refractivity contribution in [3.8, 4) is 0 Å². The van der Waals surface area contributed by atoms with Gasteiger partial charge in [-0.3, -0.25) is 0 Å². The lowest BCUT2D eigenvalue weighted by atomic mass is 10.1. The number of sulfone groups is 1. The lowest BCUT2D eigenvalue weighted by Gasteiger charge is -2.28. The molecule has 2 N–H and O–H groups in total. The summed E-state index contributed by atoms with van der Waals surface area (Å²) in [5.41, 5.74) is -0.494. The van der Waals surface area contributed by atoms with Crippen molar-refractivity contribution in [2.24, 2.45) is 5.92 Å². The zero-order valence-electron chi connectivity index (χ0n) is 12.0. The summed E-state index contributed by atoms with van der Waals surface area (Å²) < 4.78 is 27.1. The first-order valence-electron chi connectivity index (χ1n) is 6.48. The minimum atomic E-state index is -2.78. The van der Waals surface area contributed by atoms with E-state index in [0.29, 0.717) is 13.1 Å². The minimum Gasteiger partial charge on any atom is -0.444 e. The van der Waals surface area contributed by atoms with Crippen LogP contribution in [0.15, 0.2) is 0 Å². The van der Waals surface area contributed by atoms with Crippen LogP contribution >= 0.6 is 0 Å². The fraction of sp³-hybridized carbons (Fsp3) is 0.917. The summed E-state index contributed by atoms with van der Waals surface area (Å²) in [7, 11) is -2.78. The zero-order chi connectivity index (χ0) is 14.7. The Morgan fingerprint density at radius 3 is 2.37 bits per heavy atom. The number of carbonyl (C=O) groups excluding carboxylic acids is 1. The average molecular weight is 292 g/mol. The number of hydrogen-bond donors (Lipinski definition) is 2. The fourth-order valence-corrected chi connectivity index (χ4v) is 3.06. The molecule has 1 aliphatic heterocycles. The molecule has 6 nitrogen and oxygen atoms in total. The lowest BCUT2D eigenvalue weighted by molar-refractivity contribution is 0.0520. The first kappa shape index (κ1) is 16.2. The SMILES string of the molecule is CC(CNC(=O)OC(C)(C)C)CNC1CS(=O)(=O)C1. The average Bonchev–Trinajstić information content (AvgIpc) is 2.17. The van der Waals surface area contributed by atoms with Crippen LogP contribution in [-0.2, 0) is 14.6 Å². The van der Waals surface area contributed by atoms with Crippen LogP contribution in [0.5, 0.6) is 0 Å². The van der Waals surface area contributed by atoms with Crippen molar-refractivity contribution in [3.63, 3.8) is 0 Å². The standard InChI is InChI=1S/C12H24N2O4S/c1-9(5-13-10-7-19(16,17)8-10)6-14-11(15)18-12(2,3)4/h9-10,13H,5-8H2,1-4H3,(H,14,15). The van der Waals surface area contributed by atoms with Gasteiger partial charge in [0.25, 0.3) is 0 Å². The van der Waals surface area contributed by atoms with Crippen molar-refractivity contribution < 1.29 is 17.9 Å². The second kappa shape index (κ2) is 6.09. The smallest absolute Gasteiger partial charge is 0.407 e. The first-order chi connectivity index (χ1) is 8.57. The van der Waals surface area contributed by atoms with E-state index in [2.05, 4.69) is 10.6 Å². The molecule has 0 aromatic rings. The molecule has 7 heteroatoms. The molecule has 112 valence electrons. The summed E-state index contributed by atoms with van der Waals surface area (Å²) >= 11 is 0. The van der Waals surface area contributed by atoms with E-state index in [-0.39, 0.29) is 23.5 Å². The van der Waals surface area contributed by atoms with Gasteiger partial charge in [0.2, 0.25) is 0 Å². The van der Waals surface area contributed by atoms with Crippen LogP contribution in [0.1, 0.15) is 27.7 Å². The van der Waals surface area contributed by atoms with Crippen molar-refractivity contribution in [2.45, 2.75) is 39.3 Å². The Labute approximate surface area is 115 Å². The largest absolute Gasteiger partial charge is 0.444 e. The van der Waals surface area contributed by atoms with Gasteiger partial charge in [0.05, 0.1) is 11.5 Å². The second-order valence-electron chi connectivity index (χ2n) is 6.17. The minimum absolute atomic E-state index is 0.0639. The number of nitrogens with one attached hydrogen (secondary N) is 2. The molecular formula is C12H24N2O4S. The van der Waals surface area contributed by atoms with Gasteiger partial charge < -0.3 is 15.4 Å². The molecule has 1 aliphatic rings. The molecule has 0 aliphatic carbocycles. The Balaban J connectivity index is 2.11. The van der Waals surface area contributed by atoms with Gasteiger partial charge in [-0.1, -0.05) is 6.92 Å². The second-order valence-corrected chi connectivity index (χ2v) is 8.32. The number of hydrogen-bond acceptors (Lipinski definition) is 5. The zero-order valence-corrected chi connectivity index (χ0v) is 12.8. The highest BCUT2D eigenvalue weighted by Gasteiger charge is 2.32. The molecule has 1 amide bonds. The molecule has 0 aromatic heterocycles. The summed E-state index contributed by atoms with van der Waals surface area (Å²) in [6.45, 7) is 8.60. The van der Waals surface area contributed by atoms with Gasteiger partial charge in [-0.25, -0.2) is 13.2 Å². The monoisotopic (exact) mass is 292 g/mol. The van der Waals surface area contributed by atoms with Gasteiger partial charge in [-0.15, -0.1) is 0 Å². The van der Waals surface area contributed by atoms with Gasteiger partial charge >= 0.3 is 6.09 Å². The number of alkyl carbamates (subject to hydrolysis) is 1. The number of rotatable bonds is 5. The Morgan fingerprint density at radius 1 is 1.32 bits per heavy atom. The Morgan fingerprint density at radius 2 is 1.89 bits per heavy atom. The predicted octanol–water partition coefficient (Wildman–Crippen LogP) is 0.534. The van der Waals surface area contributed by atoms with Crippen LogP contribution in [0.2, 0.25) is 0 Å². The lowest BCUT2D eigenvalue weighted by Crippen LogP contribution is -2.52. The maximum absolute atomic E-state index is 11.4. The molecule has 1 rings (SSSR count). The highest BCUT2D eigenvalue weighted by atomic mass is 32.2. The molecule has 1 unspecified atom stereocenters. The van der Waals surface area contributed by atoms with Gasteiger partial charge in [0, 0.05) is 12.6 Å². The van der Waals surface area contributed by atoms with Crippen molar-refractivity contribution in [2.75, 3.05) is 24.6 Å². The van der Waals surface area contributed by atoms with Crippen LogP contribution < -0.4 is 10.6 Å². The summed E-state index contributed by atoms with van der Waals surface area (Å²) in [5, 5.41) is 5.87. The van der Waals surface area contributed by atoms with Crippen LogP contribution in [-0.4, -0.2) is 50.7 Å². The number of ether oxygens (including phenoxy) is 1. The van der Waals surface area contributed by atoms with E-state index in [4.69, 9.17) is 4.74 Å². The number of carbonyl (C=O) groups is 1. The molecule has 0 aromatic carbocycles. The summed E-state index contributed by atoms with van der Waals surface area (Å²) in [5.74, 6) is 0.661. The molecule has 1 fully saturated rings. The number of amides is 1. The van der Waals surface area contributed by atoms with Crippen molar-refractivity contribution >= 4 is 15.9 Å². The van der Waals surface area contributed by atoms with Crippen LogP contribution in [0.25, 0.3) is 0 Å². The molecule has 0 saturated carbocycles. The van der Waals surface area contributed by atoms with Crippen molar-refractivity contribution in [1.29, 1.82) is 0 Å². The van der Waals surface area contributed by atoms with Gasteiger partial charge in [-0.05, 0) is 33.2 Å². The fourth-order valence-electron chi connectivity index (χ4n) is 1.69. The van der Waals surface area contributed by atoms with E-state index in [1.165, 1.54) is 0 Å². The predicted molar refractivity (Wildman–Crippen MR) is 73.8 cm³/mol. The van der Waals surface area contributed by atoms with E-state index in [1.54, 1.807) is 0 Å².